The predicted molar refractivity (Wildman–Crippen MR) is 150 cm³/mol. The molecule has 0 atom stereocenters. The van der Waals surface area contributed by atoms with Crippen LogP contribution in [-0.2, 0) is 9.53 Å². The third-order valence-corrected chi connectivity index (χ3v) is 7.94. The molecule has 0 N–H and O–H groups in total. The molecule has 0 spiro atoms. The Hall–Kier alpha value is -3.28. The number of non-ortho nitro benzene ring substituents is 1. The molecule has 190 valence electrons. The predicted octanol–water partition coefficient (Wildman–Crippen LogP) is 8.10. The van der Waals surface area contributed by atoms with Gasteiger partial charge in [0.2, 0.25) is 5.90 Å². The Kier molecular flexibility index (Phi) is 7.26. The average molecular weight is 653 g/mol. The molecule has 1 aromatic heterocycles. The fourth-order valence-electron chi connectivity index (χ4n) is 3.49. The maximum atomic E-state index is 12.8. The van der Waals surface area contributed by atoms with Gasteiger partial charge in [-0.15, -0.1) is 11.3 Å². The van der Waals surface area contributed by atoms with Crippen molar-refractivity contribution < 1.29 is 24.0 Å². The van der Waals surface area contributed by atoms with Crippen molar-refractivity contribution >= 4 is 102 Å². The highest BCUT2D eigenvalue weighted by Gasteiger charge is 2.29. The van der Waals surface area contributed by atoms with Crippen molar-refractivity contribution in [1.29, 1.82) is 0 Å². The minimum atomic E-state index is -0.752. The third-order valence-electron chi connectivity index (χ3n) is 5.26. The summed E-state index contributed by atoms with van der Waals surface area (Å²) >= 11 is 23.0. The third kappa shape index (κ3) is 5.18. The normalized spacial score (nSPS) is 14.1. The van der Waals surface area contributed by atoms with Crippen LogP contribution in [-0.4, -0.2) is 22.8 Å². The first-order valence-electron chi connectivity index (χ1n) is 10.5. The molecule has 0 amide bonds. The number of nitro benzene ring substituents is 1. The molecule has 38 heavy (non-hydrogen) atoms. The highest BCUT2D eigenvalue weighted by molar-refractivity contribution is 9.10. The van der Waals surface area contributed by atoms with Crippen molar-refractivity contribution in [1.82, 2.24) is 0 Å². The van der Waals surface area contributed by atoms with E-state index in [1.807, 2.05) is 0 Å². The number of nitrogens with zero attached hydrogens (tertiary/aromatic N) is 2. The molecule has 0 fully saturated rings. The summed E-state index contributed by atoms with van der Waals surface area (Å²) in [6.07, 6.45) is 1.40. The minimum absolute atomic E-state index is 0.0448. The van der Waals surface area contributed by atoms with Gasteiger partial charge >= 0.3 is 11.9 Å². The van der Waals surface area contributed by atoms with E-state index < -0.39 is 16.9 Å². The van der Waals surface area contributed by atoms with E-state index in [9.17, 15) is 19.7 Å². The average Bonchev–Trinajstić information content (AvgIpc) is 3.39. The standard InChI is InChI=1S/C25H10BrCl3N2O6S/c26-12-1-6-19(36-24(32)15-4-2-13(27)9-17(15)28)11(7-12)8-18-25(33)37-23(30-18)22-21(29)16-5-3-14(31(34)35)10-20(16)38-22/h1-10H/b18-8+. The highest BCUT2D eigenvalue weighted by Crippen LogP contribution is 2.39. The summed E-state index contributed by atoms with van der Waals surface area (Å²) in [6.45, 7) is 0. The number of aliphatic imine (C=N–C) groups is 1. The van der Waals surface area contributed by atoms with Crippen LogP contribution >= 0.6 is 62.1 Å². The fraction of sp³-hybridized carbons (Fsp3) is 0. The molecule has 0 unspecified atom stereocenters. The summed E-state index contributed by atoms with van der Waals surface area (Å²) in [7, 11) is 0. The lowest BCUT2D eigenvalue weighted by Gasteiger charge is -2.09. The number of nitro groups is 1. The minimum Gasteiger partial charge on any atom is -0.422 e. The van der Waals surface area contributed by atoms with Crippen LogP contribution in [0.15, 0.2) is 69.8 Å². The second-order valence-electron chi connectivity index (χ2n) is 7.71. The molecule has 0 saturated carbocycles. The Bertz CT molecular complexity index is 1750. The summed E-state index contributed by atoms with van der Waals surface area (Å²) in [4.78, 5) is 40.7. The summed E-state index contributed by atoms with van der Waals surface area (Å²) in [6, 6.07) is 13.5. The van der Waals surface area contributed by atoms with Gasteiger partial charge in [-0.2, -0.15) is 0 Å². The van der Waals surface area contributed by atoms with E-state index >= 15 is 0 Å². The van der Waals surface area contributed by atoms with E-state index in [-0.39, 0.29) is 38.6 Å². The Labute approximate surface area is 241 Å². The SMILES string of the molecule is O=C1OC(c2sc3cc([N+](=O)[O-])ccc3c2Cl)=N/C1=C/c1cc(Br)ccc1OC(=O)c1ccc(Cl)cc1Cl. The van der Waals surface area contributed by atoms with Crippen LogP contribution in [0.25, 0.3) is 16.2 Å². The molecule has 1 aliphatic rings. The lowest BCUT2D eigenvalue weighted by molar-refractivity contribution is -0.384. The maximum Gasteiger partial charge on any atom is 0.363 e. The van der Waals surface area contributed by atoms with E-state index in [0.29, 0.717) is 30.0 Å². The van der Waals surface area contributed by atoms with Crippen molar-refractivity contribution in [2.75, 3.05) is 0 Å². The lowest BCUT2D eigenvalue weighted by Crippen LogP contribution is -2.10. The van der Waals surface area contributed by atoms with E-state index in [2.05, 4.69) is 20.9 Å². The molecular weight excluding hydrogens is 643 g/mol. The molecule has 0 aliphatic carbocycles. The summed E-state index contributed by atoms with van der Waals surface area (Å²) in [5, 5.41) is 12.4. The van der Waals surface area contributed by atoms with E-state index in [4.69, 9.17) is 44.3 Å². The fourth-order valence-corrected chi connectivity index (χ4v) is 5.83. The van der Waals surface area contributed by atoms with Crippen molar-refractivity contribution in [2.24, 2.45) is 4.99 Å². The number of ether oxygens (including phenoxy) is 2. The topological polar surface area (TPSA) is 108 Å². The van der Waals surface area contributed by atoms with E-state index in [0.717, 1.165) is 11.3 Å². The first-order valence-corrected chi connectivity index (χ1v) is 13.2. The number of carbonyl (C=O) groups excluding carboxylic acids is 2. The Morgan fingerprint density at radius 1 is 1.11 bits per heavy atom. The van der Waals surface area contributed by atoms with Gasteiger partial charge < -0.3 is 9.47 Å². The van der Waals surface area contributed by atoms with Gasteiger partial charge in [-0.25, -0.2) is 14.6 Å². The van der Waals surface area contributed by atoms with Crippen LogP contribution in [0.1, 0.15) is 20.8 Å². The Balaban J connectivity index is 1.49. The molecule has 8 nitrogen and oxygen atoms in total. The zero-order valence-electron chi connectivity index (χ0n) is 18.5. The first kappa shape index (κ1) is 26.3. The van der Waals surface area contributed by atoms with Crippen LogP contribution in [0, 0.1) is 10.1 Å². The van der Waals surface area contributed by atoms with Gasteiger partial charge in [0, 0.05) is 37.3 Å². The van der Waals surface area contributed by atoms with Gasteiger partial charge in [-0.05, 0) is 48.5 Å². The van der Waals surface area contributed by atoms with Crippen molar-refractivity contribution in [2.45, 2.75) is 0 Å². The lowest BCUT2D eigenvalue weighted by atomic mass is 10.1. The number of halogens is 4. The van der Waals surface area contributed by atoms with Crippen LogP contribution in [0.2, 0.25) is 15.1 Å². The highest BCUT2D eigenvalue weighted by atomic mass is 79.9. The number of benzene rings is 3. The number of fused-ring (bicyclic) bond motifs is 1. The number of carbonyl (C=O) groups is 2. The quantitative estimate of drug-likeness (QED) is 0.0709. The van der Waals surface area contributed by atoms with Crippen LogP contribution in [0.4, 0.5) is 5.69 Å². The van der Waals surface area contributed by atoms with Gasteiger partial charge in [-0.3, -0.25) is 10.1 Å². The molecule has 0 bridgehead atoms. The Morgan fingerprint density at radius 3 is 2.63 bits per heavy atom. The number of rotatable bonds is 5. The number of hydrogen-bond donors (Lipinski definition) is 0. The number of esters is 2. The molecule has 5 rings (SSSR count). The van der Waals surface area contributed by atoms with Crippen LogP contribution in [0.3, 0.4) is 0 Å². The molecule has 4 aromatic rings. The zero-order chi connectivity index (χ0) is 27.1. The summed E-state index contributed by atoms with van der Waals surface area (Å²) < 4.78 is 12.1. The second-order valence-corrected chi connectivity index (χ2v) is 10.9. The van der Waals surface area contributed by atoms with Gasteiger partial charge in [0.25, 0.3) is 5.69 Å². The van der Waals surface area contributed by atoms with E-state index in [1.54, 1.807) is 18.2 Å². The molecule has 0 radical (unpaired) electrons. The number of cyclic esters (lactones) is 1. The molecule has 13 heteroatoms. The smallest absolute Gasteiger partial charge is 0.363 e. The van der Waals surface area contributed by atoms with Gasteiger partial charge in [0.05, 0.1) is 20.5 Å². The van der Waals surface area contributed by atoms with Crippen molar-refractivity contribution in [3.05, 3.63) is 106 Å². The molecule has 2 heterocycles. The maximum absolute atomic E-state index is 12.8. The molecule has 0 saturated heterocycles. The zero-order valence-corrected chi connectivity index (χ0v) is 23.2. The van der Waals surface area contributed by atoms with Crippen LogP contribution < -0.4 is 4.74 Å². The monoisotopic (exact) mass is 650 g/mol. The van der Waals surface area contributed by atoms with Gasteiger partial charge in [0.15, 0.2) is 5.70 Å². The number of thiophene rings is 1. The van der Waals surface area contributed by atoms with Crippen molar-refractivity contribution in [3.8, 4) is 5.75 Å². The summed E-state index contributed by atoms with van der Waals surface area (Å²) in [5.41, 5.74) is 0.301. The largest absolute Gasteiger partial charge is 0.422 e. The molecular formula is C25H10BrCl3N2O6S. The summed E-state index contributed by atoms with van der Waals surface area (Å²) in [5.74, 6) is -1.38. The van der Waals surface area contributed by atoms with Crippen LogP contribution in [0.5, 0.6) is 5.75 Å². The van der Waals surface area contributed by atoms with Crippen molar-refractivity contribution in [3.63, 3.8) is 0 Å². The molecule has 3 aromatic carbocycles. The second kappa shape index (κ2) is 10.5. The number of hydrogen-bond acceptors (Lipinski definition) is 8. The van der Waals surface area contributed by atoms with E-state index in [1.165, 1.54) is 42.5 Å². The first-order chi connectivity index (χ1) is 18.1. The van der Waals surface area contributed by atoms with Gasteiger partial charge in [0.1, 0.15) is 10.6 Å². The van der Waals surface area contributed by atoms with Gasteiger partial charge in [-0.1, -0.05) is 50.7 Å². The molecule has 1 aliphatic heterocycles. The Morgan fingerprint density at radius 2 is 1.89 bits per heavy atom.